The minimum atomic E-state index is 0.0420. The lowest BCUT2D eigenvalue weighted by molar-refractivity contribution is -0.113. The van der Waals surface area contributed by atoms with Crippen molar-refractivity contribution in [3.05, 3.63) is 63.6 Å². The molecule has 0 atom stereocenters. The van der Waals surface area contributed by atoms with Crippen LogP contribution in [0.2, 0.25) is 0 Å². The maximum absolute atomic E-state index is 11.9. The van der Waals surface area contributed by atoms with E-state index in [1.165, 1.54) is 16.7 Å². The van der Waals surface area contributed by atoms with Crippen LogP contribution in [-0.2, 0) is 10.5 Å². The number of rotatable bonds is 5. The van der Waals surface area contributed by atoms with Crippen molar-refractivity contribution in [3.8, 4) is 0 Å². The van der Waals surface area contributed by atoms with Crippen LogP contribution in [0.1, 0.15) is 16.7 Å². The first-order valence-corrected chi connectivity index (χ1v) is 8.68. The molecular weight excluding hydrogens is 346 g/mol. The van der Waals surface area contributed by atoms with Crippen LogP contribution in [0.4, 0.5) is 5.69 Å². The number of hydrogen-bond acceptors (Lipinski definition) is 2. The van der Waals surface area contributed by atoms with Crippen molar-refractivity contribution in [1.29, 1.82) is 0 Å². The fraction of sp³-hybridized carbons (Fsp3) is 0.235. The molecule has 0 bridgehead atoms. The highest BCUT2D eigenvalue weighted by molar-refractivity contribution is 9.10. The van der Waals surface area contributed by atoms with Crippen molar-refractivity contribution < 1.29 is 4.79 Å². The average molecular weight is 364 g/mol. The molecule has 2 aromatic carbocycles. The summed E-state index contributed by atoms with van der Waals surface area (Å²) in [4.78, 5) is 11.9. The second-order valence-electron chi connectivity index (χ2n) is 4.97. The number of aryl methyl sites for hydroxylation is 2. The maximum atomic E-state index is 11.9. The molecule has 0 radical (unpaired) electrons. The molecule has 0 fully saturated rings. The lowest BCUT2D eigenvalue weighted by Gasteiger charge is -2.07. The third-order valence-corrected chi connectivity index (χ3v) is 4.74. The lowest BCUT2D eigenvalue weighted by atomic mass is 10.1. The Morgan fingerprint density at radius 1 is 1.10 bits per heavy atom. The molecule has 0 heterocycles. The first-order chi connectivity index (χ1) is 10.0. The van der Waals surface area contributed by atoms with Gasteiger partial charge in [-0.3, -0.25) is 4.79 Å². The zero-order valence-electron chi connectivity index (χ0n) is 12.2. The summed E-state index contributed by atoms with van der Waals surface area (Å²) in [6.07, 6.45) is 0. The predicted molar refractivity (Wildman–Crippen MR) is 94.8 cm³/mol. The van der Waals surface area contributed by atoms with Crippen LogP contribution < -0.4 is 5.32 Å². The van der Waals surface area contributed by atoms with Gasteiger partial charge in [-0.1, -0.05) is 34.1 Å². The summed E-state index contributed by atoms with van der Waals surface area (Å²) in [5.41, 5.74) is 4.52. The van der Waals surface area contributed by atoms with E-state index in [4.69, 9.17) is 0 Å². The fourth-order valence-corrected chi connectivity index (χ4v) is 2.91. The van der Waals surface area contributed by atoms with Gasteiger partial charge in [0.15, 0.2) is 0 Å². The Hall–Kier alpha value is -1.26. The van der Waals surface area contributed by atoms with Crippen molar-refractivity contribution in [2.24, 2.45) is 0 Å². The standard InChI is InChI=1S/C17H18BrNOS/c1-12-3-8-16(9-13(12)2)19-17(20)11-21-10-14-4-6-15(18)7-5-14/h3-9H,10-11H2,1-2H3,(H,19,20). The molecule has 0 unspecified atom stereocenters. The molecule has 0 saturated carbocycles. The summed E-state index contributed by atoms with van der Waals surface area (Å²) in [5.74, 6) is 1.34. The average Bonchev–Trinajstić information content (AvgIpc) is 2.45. The Bertz CT molecular complexity index is 625. The van der Waals surface area contributed by atoms with Crippen LogP contribution in [0.3, 0.4) is 0 Å². The van der Waals surface area contributed by atoms with Gasteiger partial charge in [-0.25, -0.2) is 0 Å². The van der Waals surface area contributed by atoms with Crippen LogP contribution in [0, 0.1) is 13.8 Å². The largest absolute Gasteiger partial charge is 0.325 e. The number of thioether (sulfide) groups is 1. The van der Waals surface area contributed by atoms with Crippen molar-refractivity contribution in [2.75, 3.05) is 11.1 Å². The van der Waals surface area contributed by atoms with Gasteiger partial charge in [0.25, 0.3) is 0 Å². The molecule has 1 amide bonds. The van der Waals surface area contributed by atoms with Gasteiger partial charge >= 0.3 is 0 Å². The van der Waals surface area contributed by atoms with Crippen molar-refractivity contribution in [2.45, 2.75) is 19.6 Å². The Morgan fingerprint density at radius 2 is 1.81 bits per heavy atom. The smallest absolute Gasteiger partial charge is 0.234 e. The first kappa shape index (κ1) is 16.1. The SMILES string of the molecule is Cc1ccc(NC(=O)CSCc2ccc(Br)cc2)cc1C. The van der Waals surface area contributed by atoms with Crippen LogP contribution in [0.15, 0.2) is 46.9 Å². The number of nitrogens with one attached hydrogen (secondary N) is 1. The Morgan fingerprint density at radius 3 is 2.48 bits per heavy atom. The fourth-order valence-electron chi connectivity index (χ4n) is 1.86. The van der Waals surface area contributed by atoms with Gasteiger partial charge < -0.3 is 5.32 Å². The predicted octanol–water partition coefficient (Wildman–Crippen LogP) is 4.94. The highest BCUT2D eigenvalue weighted by Crippen LogP contribution is 2.17. The number of anilines is 1. The molecule has 2 rings (SSSR count). The molecule has 0 aliphatic carbocycles. The number of hydrogen-bond donors (Lipinski definition) is 1. The molecule has 0 spiro atoms. The second-order valence-corrected chi connectivity index (χ2v) is 6.87. The number of benzene rings is 2. The summed E-state index contributed by atoms with van der Waals surface area (Å²) in [7, 11) is 0. The Kier molecular flexibility index (Phi) is 5.88. The van der Waals surface area contributed by atoms with E-state index in [0.717, 1.165) is 15.9 Å². The Balaban J connectivity index is 1.79. The molecule has 2 aromatic rings. The van der Waals surface area contributed by atoms with Gasteiger partial charge in [0.1, 0.15) is 0 Å². The van der Waals surface area contributed by atoms with Gasteiger partial charge in [0.05, 0.1) is 5.75 Å². The zero-order chi connectivity index (χ0) is 15.2. The molecule has 2 nitrogen and oxygen atoms in total. The quantitative estimate of drug-likeness (QED) is 0.814. The number of halogens is 1. The minimum Gasteiger partial charge on any atom is -0.325 e. The topological polar surface area (TPSA) is 29.1 Å². The summed E-state index contributed by atoms with van der Waals surface area (Å²) in [6, 6.07) is 14.2. The lowest BCUT2D eigenvalue weighted by Crippen LogP contribution is -2.14. The summed E-state index contributed by atoms with van der Waals surface area (Å²) < 4.78 is 1.07. The van der Waals surface area contributed by atoms with Crippen LogP contribution in [0.5, 0.6) is 0 Å². The second kappa shape index (κ2) is 7.66. The van der Waals surface area contributed by atoms with E-state index in [2.05, 4.69) is 40.3 Å². The van der Waals surface area contributed by atoms with Gasteiger partial charge in [-0.2, -0.15) is 0 Å². The van der Waals surface area contributed by atoms with Crippen molar-refractivity contribution >= 4 is 39.3 Å². The van der Waals surface area contributed by atoms with E-state index in [1.54, 1.807) is 11.8 Å². The monoisotopic (exact) mass is 363 g/mol. The number of carbonyl (C=O) groups excluding carboxylic acids is 1. The van der Waals surface area contributed by atoms with Gasteiger partial charge in [-0.05, 0) is 54.8 Å². The Labute approximate surface area is 138 Å². The minimum absolute atomic E-state index is 0.0420. The van der Waals surface area contributed by atoms with Crippen molar-refractivity contribution in [3.63, 3.8) is 0 Å². The highest BCUT2D eigenvalue weighted by atomic mass is 79.9. The van der Waals surface area contributed by atoms with Gasteiger partial charge in [0.2, 0.25) is 5.91 Å². The van der Waals surface area contributed by atoms with E-state index in [-0.39, 0.29) is 5.91 Å². The number of amides is 1. The normalized spacial score (nSPS) is 10.4. The van der Waals surface area contributed by atoms with E-state index < -0.39 is 0 Å². The number of carbonyl (C=O) groups is 1. The molecule has 110 valence electrons. The molecule has 21 heavy (non-hydrogen) atoms. The molecular formula is C17H18BrNOS. The van der Waals surface area contributed by atoms with Crippen LogP contribution in [-0.4, -0.2) is 11.7 Å². The third-order valence-electron chi connectivity index (χ3n) is 3.21. The molecule has 1 N–H and O–H groups in total. The van der Waals surface area contributed by atoms with Crippen molar-refractivity contribution in [1.82, 2.24) is 0 Å². The van der Waals surface area contributed by atoms with Crippen LogP contribution >= 0.6 is 27.7 Å². The third kappa shape index (κ3) is 5.21. The zero-order valence-corrected chi connectivity index (χ0v) is 14.6. The molecule has 0 aliphatic heterocycles. The van der Waals surface area contributed by atoms with E-state index in [9.17, 15) is 4.79 Å². The molecule has 0 aliphatic rings. The maximum Gasteiger partial charge on any atom is 0.234 e. The summed E-state index contributed by atoms with van der Waals surface area (Å²) >= 11 is 5.03. The highest BCUT2D eigenvalue weighted by Gasteiger charge is 2.04. The first-order valence-electron chi connectivity index (χ1n) is 6.74. The van der Waals surface area contributed by atoms with Crippen LogP contribution in [0.25, 0.3) is 0 Å². The van der Waals surface area contributed by atoms with E-state index in [0.29, 0.717) is 5.75 Å². The summed E-state index contributed by atoms with van der Waals surface area (Å²) in [6.45, 7) is 4.11. The van der Waals surface area contributed by atoms with E-state index >= 15 is 0 Å². The molecule has 0 saturated heterocycles. The molecule has 4 heteroatoms. The summed E-state index contributed by atoms with van der Waals surface area (Å²) in [5, 5.41) is 2.94. The van der Waals surface area contributed by atoms with Gasteiger partial charge in [-0.15, -0.1) is 11.8 Å². The van der Waals surface area contributed by atoms with E-state index in [1.807, 2.05) is 37.3 Å². The molecule has 0 aromatic heterocycles. The van der Waals surface area contributed by atoms with Gasteiger partial charge in [0, 0.05) is 15.9 Å².